The van der Waals surface area contributed by atoms with Gasteiger partial charge >= 0.3 is 0 Å². The maximum absolute atomic E-state index is 11.2. The molecule has 1 aromatic heterocycles. The molecule has 0 saturated carbocycles. The SMILES string of the molecule is Cc1c(C(N)=O)sc2c1CCOC2CCO. The lowest BCUT2D eigenvalue weighted by Gasteiger charge is -2.22. The largest absolute Gasteiger partial charge is 0.396 e. The van der Waals surface area contributed by atoms with E-state index in [9.17, 15) is 4.79 Å². The topological polar surface area (TPSA) is 72.6 Å². The standard InChI is InChI=1S/C11H15NO3S/c1-6-7-3-5-15-8(2-4-13)10(7)16-9(6)11(12)14/h8,13H,2-5H2,1H3,(H2,12,14). The van der Waals surface area contributed by atoms with E-state index in [1.54, 1.807) is 0 Å². The Balaban J connectivity index is 2.41. The Morgan fingerprint density at radius 2 is 2.44 bits per heavy atom. The molecule has 0 aliphatic carbocycles. The Bertz CT molecular complexity index is 414. The number of aliphatic hydroxyl groups excluding tert-OH is 1. The minimum Gasteiger partial charge on any atom is -0.396 e. The fourth-order valence-corrected chi connectivity index (χ4v) is 3.38. The van der Waals surface area contributed by atoms with E-state index in [0.717, 1.165) is 16.9 Å². The molecule has 2 heterocycles. The molecule has 1 amide bonds. The van der Waals surface area contributed by atoms with Gasteiger partial charge in [0.2, 0.25) is 0 Å². The van der Waals surface area contributed by atoms with Gasteiger partial charge in [-0.3, -0.25) is 4.79 Å². The van der Waals surface area contributed by atoms with Crippen molar-refractivity contribution in [3.8, 4) is 0 Å². The minimum atomic E-state index is -0.375. The molecular weight excluding hydrogens is 226 g/mol. The third-order valence-corrected chi connectivity index (χ3v) is 4.32. The maximum atomic E-state index is 11.2. The van der Waals surface area contributed by atoms with E-state index in [1.165, 1.54) is 16.9 Å². The fraction of sp³-hybridized carbons (Fsp3) is 0.545. The number of hydrogen-bond donors (Lipinski definition) is 2. The van der Waals surface area contributed by atoms with Gasteiger partial charge < -0.3 is 15.6 Å². The van der Waals surface area contributed by atoms with Crippen molar-refractivity contribution < 1.29 is 14.6 Å². The predicted molar refractivity (Wildman–Crippen MR) is 61.7 cm³/mol. The maximum Gasteiger partial charge on any atom is 0.259 e. The highest BCUT2D eigenvalue weighted by molar-refractivity contribution is 7.14. The second-order valence-corrected chi connectivity index (χ2v) is 4.94. The number of hydrogen-bond acceptors (Lipinski definition) is 4. The van der Waals surface area contributed by atoms with Crippen LogP contribution >= 0.6 is 11.3 Å². The number of carbonyl (C=O) groups is 1. The van der Waals surface area contributed by atoms with E-state index in [-0.39, 0.29) is 18.6 Å². The van der Waals surface area contributed by atoms with Crippen LogP contribution in [0.25, 0.3) is 0 Å². The van der Waals surface area contributed by atoms with Gasteiger partial charge in [0.15, 0.2) is 0 Å². The lowest BCUT2D eigenvalue weighted by Crippen LogP contribution is -2.15. The molecule has 0 spiro atoms. The summed E-state index contributed by atoms with van der Waals surface area (Å²) in [5.41, 5.74) is 7.50. The van der Waals surface area contributed by atoms with Gasteiger partial charge in [0, 0.05) is 17.9 Å². The summed E-state index contributed by atoms with van der Waals surface area (Å²) in [5, 5.41) is 8.96. The van der Waals surface area contributed by atoms with Gasteiger partial charge in [-0.05, 0) is 24.5 Å². The molecule has 1 aromatic rings. The number of amides is 1. The molecule has 0 aromatic carbocycles. The molecule has 0 bridgehead atoms. The molecule has 88 valence electrons. The van der Waals surface area contributed by atoms with Gasteiger partial charge in [-0.25, -0.2) is 0 Å². The summed E-state index contributed by atoms with van der Waals surface area (Å²) in [7, 11) is 0. The van der Waals surface area contributed by atoms with Crippen LogP contribution in [-0.4, -0.2) is 24.2 Å². The zero-order chi connectivity index (χ0) is 11.7. The number of nitrogens with two attached hydrogens (primary N) is 1. The van der Waals surface area contributed by atoms with E-state index >= 15 is 0 Å². The molecule has 5 heteroatoms. The third-order valence-electron chi connectivity index (χ3n) is 2.88. The van der Waals surface area contributed by atoms with Crippen LogP contribution in [0.15, 0.2) is 0 Å². The summed E-state index contributed by atoms with van der Waals surface area (Å²) in [6.45, 7) is 2.66. The normalized spacial score (nSPS) is 19.5. The Hall–Kier alpha value is -0.910. The summed E-state index contributed by atoms with van der Waals surface area (Å²) in [6, 6.07) is 0. The number of ether oxygens (including phenoxy) is 1. The first-order chi connectivity index (χ1) is 7.65. The van der Waals surface area contributed by atoms with Crippen molar-refractivity contribution in [1.29, 1.82) is 0 Å². The Morgan fingerprint density at radius 3 is 3.06 bits per heavy atom. The highest BCUT2D eigenvalue weighted by atomic mass is 32.1. The molecule has 16 heavy (non-hydrogen) atoms. The molecular formula is C11H15NO3S. The zero-order valence-corrected chi connectivity index (χ0v) is 9.97. The molecule has 0 fully saturated rings. The van der Waals surface area contributed by atoms with Crippen LogP contribution < -0.4 is 5.73 Å². The van der Waals surface area contributed by atoms with Crippen LogP contribution in [0.3, 0.4) is 0 Å². The van der Waals surface area contributed by atoms with E-state index < -0.39 is 0 Å². The van der Waals surface area contributed by atoms with Crippen molar-refractivity contribution in [2.75, 3.05) is 13.2 Å². The molecule has 1 unspecified atom stereocenters. The number of rotatable bonds is 3. The Morgan fingerprint density at radius 1 is 1.69 bits per heavy atom. The van der Waals surface area contributed by atoms with Crippen LogP contribution in [0, 0.1) is 6.92 Å². The number of thiophene rings is 1. The summed E-state index contributed by atoms with van der Waals surface area (Å²) in [6.07, 6.45) is 1.32. The average Bonchev–Trinajstić information content (AvgIpc) is 2.58. The number of fused-ring (bicyclic) bond motifs is 1. The first-order valence-electron chi connectivity index (χ1n) is 5.29. The van der Waals surface area contributed by atoms with Crippen LogP contribution in [0.2, 0.25) is 0 Å². The molecule has 4 nitrogen and oxygen atoms in total. The lowest BCUT2D eigenvalue weighted by molar-refractivity contribution is 0.0281. The van der Waals surface area contributed by atoms with Gasteiger partial charge in [0.05, 0.1) is 17.6 Å². The van der Waals surface area contributed by atoms with Crippen molar-refractivity contribution in [2.24, 2.45) is 5.73 Å². The summed E-state index contributed by atoms with van der Waals surface area (Å²) in [5.74, 6) is -0.375. The first kappa shape index (κ1) is 11.6. The number of primary amides is 1. The van der Waals surface area contributed by atoms with Crippen LogP contribution in [0.4, 0.5) is 0 Å². The van der Waals surface area contributed by atoms with Crippen LogP contribution in [0.5, 0.6) is 0 Å². The van der Waals surface area contributed by atoms with Crippen molar-refractivity contribution in [2.45, 2.75) is 25.9 Å². The molecule has 0 radical (unpaired) electrons. The molecule has 1 aliphatic heterocycles. The van der Waals surface area contributed by atoms with Crippen LogP contribution in [0.1, 0.15) is 38.2 Å². The molecule has 1 atom stereocenters. The predicted octanol–water partition coefficient (Wildman–Crippen LogP) is 1.15. The van der Waals surface area contributed by atoms with Gasteiger partial charge in [-0.15, -0.1) is 11.3 Å². The zero-order valence-electron chi connectivity index (χ0n) is 9.16. The first-order valence-corrected chi connectivity index (χ1v) is 6.11. The molecule has 1 aliphatic rings. The van der Waals surface area contributed by atoms with Gasteiger partial charge in [-0.1, -0.05) is 0 Å². The summed E-state index contributed by atoms with van der Waals surface area (Å²) in [4.78, 5) is 12.9. The van der Waals surface area contributed by atoms with Crippen LogP contribution in [-0.2, 0) is 11.2 Å². The van der Waals surface area contributed by atoms with Gasteiger partial charge in [0.1, 0.15) is 0 Å². The summed E-state index contributed by atoms with van der Waals surface area (Å²) < 4.78 is 5.59. The van der Waals surface area contributed by atoms with E-state index in [2.05, 4.69) is 0 Å². The van der Waals surface area contributed by atoms with Gasteiger partial charge in [-0.2, -0.15) is 0 Å². The fourth-order valence-electron chi connectivity index (χ4n) is 2.09. The quantitative estimate of drug-likeness (QED) is 0.833. The lowest BCUT2D eigenvalue weighted by atomic mass is 10.0. The summed E-state index contributed by atoms with van der Waals surface area (Å²) >= 11 is 1.41. The van der Waals surface area contributed by atoms with E-state index in [4.69, 9.17) is 15.6 Å². The second kappa shape index (κ2) is 4.53. The highest BCUT2D eigenvalue weighted by Gasteiger charge is 2.27. The van der Waals surface area contributed by atoms with Crippen molar-refractivity contribution in [3.63, 3.8) is 0 Å². The molecule has 0 saturated heterocycles. The Kier molecular flexibility index (Phi) is 3.28. The second-order valence-electron chi connectivity index (χ2n) is 3.88. The van der Waals surface area contributed by atoms with Crippen molar-refractivity contribution in [1.82, 2.24) is 0 Å². The number of aliphatic hydroxyl groups is 1. The smallest absolute Gasteiger partial charge is 0.259 e. The van der Waals surface area contributed by atoms with Crippen molar-refractivity contribution in [3.05, 3.63) is 20.9 Å². The Labute approximate surface area is 98.0 Å². The average molecular weight is 241 g/mol. The van der Waals surface area contributed by atoms with Crippen molar-refractivity contribution >= 4 is 17.2 Å². The third kappa shape index (κ3) is 1.86. The highest BCUT2D eigenvalue weighted by Crippen LogP contribution is 2.38. The number of carbonyl (C=O) groups excluding carboxylic acids is 1. The minimum absolute atomic E-state index is 0.0782. The van der Waals surface area contributed by atoms with E-state index in [1.807, 2.05) is 6.92 Å². The molecule has 3 N–H and O–H groups in total. The molecule has 2 rings (SSSR count). The monoisotopic (exact) mass is 241 g/mol. The van der Waals surface area contributed by atoms with Gasteiger partial charge in [0.25, 0.3) is 5.91 Å². The van der Waals surface area contributed by atoms with E-state index in [0.29, 0.717) is 17.9 Å².